The molecule has 0 fully saturated rings. The van der Waals surface area contributed by atoms with E-state index in [0.29, 0.717) is 26.1 Å². The lowest BCUT2D eigenvalue weighted by Crippen LogP contribution is -2.39. The molecule has 0 bridgehead atoms. The number of aromatic nitrogens is 3. The largest absolute Gasteiger partial charge is 0.335 e. The van der Waals surface area contributed by atoms with Gasteiger partial charge in [-0.3, -0.25) is 4.79 Å². The second-order valence-electron chi connectivity index (χ2n) is 3.30. The van der Waals surface area contributed by atoms with Crippen LogP contribution in [-0.2, 0) is 17.9 Å². The number of fused-ring (bicyclic) bond motifs is 1. The summed E-state index contributed by atoms with van der Waals surface area (Å²) in [6, 6.07) is 0. The number of nitrogens with zero attached hydrogens (tertiary/aromatic N) is 4. The van der Waals surface area contributed by atoms with Crippen LogP contribution in [0.4, 0.5) is 0 Å². The molecule has 1 aliphatic rings. The summed E-state index contributed by atoms with van der Waals surface area (Å²) in [7, 11) is 0. The molecule has 0 aliphatic carbocycles. The summed E-state index contributed by atoms with van der Waals surface area (Å²) in [6.45, 7) is 2.44. The van der Waals surface area contributed by atoms with Gasteiger partial charge >= 0.3 is 0 Å². The van der Waals surface area contributed by atoms with E-state index in [9.17, 15) is 4.79 Å². The van der Waals surface area contributed by atoms with Crippen molar-refractivity contribution >= 4 is 5.91 Å². The first-order chi connectivity index (χ1) is 6.81. The summed E-state index contributed by atoms with van der Waals surface area (Å²) in [5.41, 5.74) is 6.32. The van der Waals surface area contributed by atoms with Crippen LogP contribution in [0.15, 0.2) is 6.20 Å². The highest BCUT2D eigenvalue weighted by molar-refractivity contribution is 5.76. The Kier molecular flexibility index (Phi) is 2.45. The van der Waals surface area contributed by atoms with Crippen LogP contribution in [-0.4, -0.2) is 38.9 Å². The van der Waals surface area contributed by atoms with E-state index in [4.69, 9.17) is 5.73 Å². The van der Waals surface area contributed by atoms with E-state index in [0.717, 1.165) is 12.2 Å². The summed E-state index contributed by atoms with van der Waals surface area (Å²) in [5, 5.41) is 7.69. The van der Waals surface area contributed by atoms with Crippen molar-refractivity contribution in [3.05, 3.63) is 11.9 Å². The summed E-state index contributed by atoms with van der Waals surface area (Å²) in [6.07, 6.45) is 2.11. The van der Waals surface area contributed by atoms with E-state index < -0.39 is 0 Å². The SMILES string of the molecule is NCCC(=O)N1CCn2nncc2C1. The maximum Gasteiger partial charge on any atom is 0.224 e. The quantitative estimate of drug-likeness (QED) is 0.654. The molecule has 2 rings (SSSR count). The lowest BCUT2D eigenvalue weighted by molar-refractivity contribution is -0.132. The summed E-state index contributed by atoms with van der Waals surface area (Å²) in [4.78, 5) is 13.3. The van der Waals surface area contributed by atoms with Crippen molar-refractivity contribution in [1.82, 2.24) is 19.9 Å². The third kappa shape index (κ3) is 1.60. The molecule has 76 valence electrons. The molecule has 1 aromatic rings. The molecule has 6 nitrogen and oxygen atoms in total. The minimum atomic E-state index is 0.111. The highest BCUT2D eigenvalue weighted by Gasteiger charge is 2.20. The number of hydrogen-bond donors (Lipinski definition) is 1. The van der Waals surface area contributed by atoms with Gasteiger partial charge < -0.3 is 10.6 Å². The van der Waals surface area contributed by atoms with Crippen LogP contribution >= 0.6 is 0 Å². The summed E-state index contributed by atoms with van der Waals surface area (Å²) in [5.74, 6) is 0.111. The fraction of sp³-hybridized carbons (Fsp3) is 0.625. The number of amides is 1. The topological polar surface area (TPSA) is 77.0 Å². The molecule has 0 unspecified atom stereocenters. The van der Waals surface area contributed by atoms with Gasteiger partial charge in [0.1, 0.15) is 0 Å². The number of nitrogens with two attached hydrogens (primary N) is 1. The zero-order valence-corrected chi connectivity index (χ0v) is 7.89. The highest BCUT2D eigenvalue weighted by Crippen LogP contribution is 2.10. The van der Waals surface area contributed by atoms with Crippen molar-refractivity contribution in [2.24, 2.45) is 5.73 Å². The van der Waals surface area contributed by atoms with Crippen molar-refractivity contribution in [2.75, 3.05) is 13.1 Å². The van der Waals surface area contributed by atoms with Crippen LogP contribution in [0.3, 0.4) is 0 Å². The minimum absolute atomic E-state index is 0.111. The Balaban J connectivity index is 2.04. The summed E-state index contributed by atoms with van der Waals surface area (Å²) >= 11 is 0. The first-order valence-corrected chi connectivity index (χ1v) is 4.66. The van der Waals surface area contributed by atoms with Gasteiger partial charge in [0.15, 0.2) is 0 Å². The molecular formula is C8H13N5O. The number of rotatable bonds is 2. The molecule has 0 spiro atoms. The standard InChI is InChI=1S/C8H13N5O/c9-2-1-8(14)12-3-4-13-7(6-12)5-10-11-13/h5H,1-4,6,9H2. The molecule has 0 saturated carbocycles. The predicted molar refractivity (Wildman–Crippen MR) is 49.1 cm³/mol. The fourth-order valence-corrected chi connectivity index (χ4v) is 1.57. The predicted octanol–water partition coefficient (Wildman–Crippen LogP) is -1.03. The fourth-order valence-electron chi connectivity index (χ4n) is 1.57. The number of hydrogen-bond acceptors (Lipinski definition) is 4. The van der Waals surface area contributed by atoms with Gasteiger partial charge in [-0.1, -0.05) is 5.21 Å². The lowest BCUT2D eigenvalue weighted by Gasteiger charge is -2.26. The van der Waals surface area contributed by atoms with Crippen LogP contribution in [0.2, 0.25) is 0 Å². The molecule has 0 radical (unpaired) electrons. The van der Waals surface area contributed by atoms with Crippen LogP contribution in [0.25, 0.3) is 0 Å². The second-order valence-corrected chi connectivity index (χ2v) is 3.30. The van der Waals surface area contributed by atoms with E-state index in [-0.39, 0.29) is 5.91 Å². The van der Waals surface area contributed by atoms with Gasteiger partial charge in [0.05, 0.1) is 25.0 Å². The van der Waals surface area contributed by atoms with Gasteiger partial charge in [0, 0.05) is 19.5 Å². The van der Waals surface area contributed by atoms with Gasteiger partial charge in [-0.05, 0) is 0 Å². The molecule has 0 saturated heterocycles. The molecule has 2 N–H and O–H groups in total. The van der Waals surface area contributed by atoms with Gasteiger partial charge in [-0.15, -0.1) is 5.10 Å². The lowest BCUT2D eigenvalue weighted by atomic mass is 10.3. The van der Waals surface area contributed by atoms with E-state index in [2.05, 4.69) is 10.3 Å². The van der Waals surface area contributed by atoms with E-state index in [1.165, 1.54) is 0 Å². The Bertz CT molecular complexity index is 334. The van der Waals surface area contributed by atoms with Gasteiger partial charge in [-0.2, -0.15) is 0 Å². The van der Waals surface area contributed by atoms with Gasteiger partial charge in [0.2, 0.25) is 5.91 Å². The Hall–Kier alpha value is -1.43. The molecular weight excluding hydrogens is 182 g/mol. The Labute approximate surface area is 81.7 Å². The van der Waals surface area contributed by atoms with Gasteiger partial charge in [-0.25, -0.2) is 4.68 Å². The maximum atomic E-state index is 11.5. The van der Waals surface area contributed by atoms with E-state index in [1.807, 2.05) is 4.68 Å². The monoisotopic (exact) mass is 195 g/mol. The zero-order valence-electron chi connectivity index (χ0n) is 7.89. The van der Waals surface area contributed by atoms with Gasteiger partial charge in [0.25, 0.3) is 0 Å². The van der Waals surface area contributed by atoms with E-state index >= 15 is 0 Å². The Morgan fingerprint density at radius 1 is 1.57 bits per heavy atom. The molecule has 2 heterocycles. The normalized spacial score (nSPS) is 15.4. The zero-order chi connectivity index (χ0) is 9.97. The Morgan fingerprint density at radius 3 is 3.21 bits per heavy atom. The molecule has 0 aromatic carbocycles. The molecule has 1 amide bonds. The van der Waals surface area contributed by atoms with Crippen molar-refractivity contribution in [3.8, 4) is 0 Å². The van der Waals surface area contributed by atoms with Crippen LogP contribution in [0.5, 0.6) is 0 Å². The average Bonchev–Trinajstić information content (AvgIpc) is 2.64. The summed E-state index contributed by atoms with van der Waals surface area (Å²) < 4.78 is 1.83. The number of carbonyl (C=O) groups excluding carboxylic acids is 1. The van der Waals surface area contributed by atoms with Crippen LogP contribution in [0, 0.1) is 0 Å². The smallest absolute Gasteiger partial charge is 0.224 e. The minimum Gasteiger partial charge on any atom is -0.335 e. The maximum absolute atomic E-state index is 11.5. The van der Waals surface area contributed by atoms with E-state index in [1.54, 1.807) is 11.1 Å². The third-order valence-electron chi connectivity index (χ3n) is 2.34. The number of carbonyl (C=O) groups is 1. The van der Waals surface area contributed by atoms with Crippen LogP contribution in [0.1, 0.15) is 12.1 Å². The first-order valence-electron chi connectivity index (χ1n) is 4.66. The molecule has 1 aliphatic heterocycles. The molecule has 1 aromatic heterocycles. The molecule has 0 atom stereocenters. The van der Waals surface area contributed by atoms with Crippen molar-refractivity contribution in [1.29, 1.82) is 0 Å². The second kappa shape index (κ2) is 3.75. The highest BCUT2D eigenvalue weighted by atomic mass is 16.2. The molecule has 6 heteroatoms. The Morgan fingerprint density at radius 2 is 2.43 bits per heavy atom. The average molecular weight is 195 g/mol. The first kappa shape index (κ1) is 9.14. The third-order valence-corrected chi connectivity index (χ3v) is 2.34. The van der Waals surface area contributed by atoms with Crippen LogP contribution < -0.4 is 5.73 Å². The van der Waals surface area contributed by atoms with Crippen molar-refractivity contribution in [3.63, 3.8) is 0 Å². The molecule has 14 heavy (non-hydrogen) atoms. The van der Waals surface area contributed by atoms with Crippen molar-refractivity contribution < 1.29 is 4.79 Å². The van der Waals surface area contributed by atoms with Crippen molar-refractivity contribution in [2.45, 2.75) is 19.5 Å².